The zero-order valence-electron chi connectivity index (χ0n) is 38.8. The van der Waals surface area contributed by atoms with Crippen LogP contribution < -0.4 is 0 Å². The van der Waals surface area contributed by atoms with Crippen LogP contribution in [-0.4, -0.2) is 168 Å². The SMILES string of the molecule is CCCCCCCCCCCCCCCCCC(=O)OCCOCCOCCOCCOCCOCCOCCOCCOCCOCCOCCN1C(=O)c2ccccc2C1=O. The smallest absolute Gasteiger partial charge is 0.305 e. The lowest BCUT2D eigenvalue weighted by atomic mass is 10.0. The van der Waals surface area contributed by atoms with E-state index < -0.39 is 0 Å². The van der Waals surface area contributed by atoms with E-state index in [-0.39, 0.29) is 37.5 Å². The lowest BCUT2D eigenvalue weighted by Crippen LogP contribution is -2.33. The predicted molar refractivity (Wildman–Crippen MR) is 241 cm³/mol. The van der Waals surface area contributed by atoms with E-state index in [1.165, 1.54) is 88.4 Å². The van der Waals surface area contributed by atoms with Crippen LogP contribution in [0, 0.1) is 0 Å². The lowest BCUT2D eigenvalue weighted by molar-refractivity contribution is -0.145. The van der Waals surface area contributed by atoms with Crippen molar-refractivity contribution in [1.82, 2.24) is 4.90 Å². The number of benzene rings is 1. The molecule has 0 radical (unpaired) electrons. The monoisotopic (exact) mass is 898 g/mol. The van der Waals surface area contributed by atoms with Gasteiger partial charge >= 0.3 is 5.97 Å². The molecular formula is C48H83NO14. The number of hydrogen-bond acceptors (Lipinski definition) is 14. The van der Waals surface area contributed by atoms with Crippen LogP contribution in [0.5, 0.6) is 0 Å². The topological polar surface area (TPSA) is 156 Å². The van der Waals surface area contributed by atoms with E-state index in [9.17, 15) is 14.4 Å². The summed E-state index contributed by atoms with van der Waals surface area (Å²) in [4.78, 5) is 37.8. The summed E-state index contributed by atoms with van der Waals surface area (Å²) in [6.45, 7) is 11.6. The van der Waals surface area contributed by atoms with Crippen LogP contribution in [0.2, 0.25) is 0 Å². The van der Waals surface area contributed by atoms with Gasteiger partial charge in [0.25, 0.3) is 11.8 Å². The molecule has 2 amide bonds. The molecule has 0 atom stereocenters. The fraction of sp³-hybridized carbons (Fsp3) is 0.812. The van der Waals surface area contributed by atoms with E-state index >= 15 is 0 Å². The van der Waals surface area contributed by atoms with Gasteiger partial charge in [-0.25, -0.2) is 0 Å². The molecule has 1 heterocycles. The van der Waals surface area contributed by atoms with Gasteiger partial charge in [-0.15, -0.1) is 0 Å². The molecule has 63 heavy (non-hydrogen) atoms. The minimum absolute atomic E-state index is 0.137. The van der Waals surface area contributed by atoms with Crippen molar-refractivity contribution in [2.45, 2.75) is 110 Å². The molecule has 1 aromatic rings. The Labute approximate surface area is 378 Å². The molecular weight excluding hydrogens is 815 g/mol. The predicted octanol–water partition coefficient (Wildman–Crippen LogP) is 7.25. The molecule has 0 aliphatic carbocycles. The first kappa shape index (κ1) is 56.6. The minimum atomic E-state index is -0.279. The average molecular weight is 898 g/mol. The number of carbonyl (C=O) groups excluding carboxylic acids is 3. The molecule has 0 bridgehead atoms. The van der Waals surface area contributed by atoms with Gasteiger partial charge in [-0.05, 0) is 18.6 Å². The van der Waals surface area contributed by atoms with Crippen molar-refractivity contribution >= 4 is 17.8 Å². The van der Waals surface area contributed by atoms with Crippen LogP contribution in [0.4, 0.5) is 0 Å². The highest BCUT2D eigenvalue weighted by molar-refractivity contribution is 6.21. The molecule has 1 aliphatic rings. The van der Waals surface area contributed by atoms with Crippen molar-refractivity contribution < 1.29 is 66.5 Å². The summed E-state index contributed by atoms with van der Waals surface area (Å²) < 4.78 is 60.3. The van der Waals surface area contributed by atoms with E-state index in [1.807, 2.05) is 0 Å². The Morgan fingerprint density at radius 2 is 0.651 bits per heavy atom. The molecule has 15 heteroatoms. The molecule has 0 spiro atoms. The van der Waals surface area contributed by atoms with Gasteiger partial charge in [0.1, 0.15) is 6.61 Å². The number of rotatable bonds is 49. The third-order valence-electron chi connectivity index (χ3n) is 10.2. The number of fused-ring (bicyclic) bond motifs is 1. The molecule has 1 aromatic carbocycles. The summed E-state index contributed by atoms with van der Waals surface area (Å²) in [5.41, 5.74) is 0.880. The van der Waals surface area contributed by atoms with Crippen molar-refractivity contribution in [2.75, 3.05) is 145 Å². The van der Waals surface area contributed by atoms with Gasteiger partial charge in [0.2, 0.25) is 0 Å². The fourth-order valence-electron chi connectivity index (χ4n) is 6.61. The number of imide groups is 1. The van der Waals surface area contributed by atoms with Crippen LogP contribution in [0.3, 0.4) is 0 Å². The summed E-state index contributed by atoms with van der Waals surface area (Å²) in [6.07, 6.45) is 20.1. The van der Waals surface area contributed by atoms with E-state index in [1.54, 1.807) is 24.3 Å². The number of esters is 1. The van der Waals surface area contributed by atoms with Gasteiger partial charge in [0.05, 0.1) is 150 Å². The zero-order chi connectivity index (χ0) is 44.9. The minimum Gasteiger partial charge on any atom is -0.463 e. The first-order valence-electron chi connectivity index (χ1n) is 24.0. The molecule has 0 saturated carbocycles. The van der Waals surface area contributed by atoms with Crippen molar-refractivity contribution in [3.63, 3.8) is 0 Å². The van der Waals surface area contributed by atoms with Crippen LogP contribution in [0.15, 0.2) is 24.3 Å². The molecule has 0 unspecified atom stereocenters. The standard InChI is InChI=1S/C48H83NO14/c1-2-3-4-5-6-7-8-9-10-11-12-13-14-15-16-21-46(50)63-43-42-62-41-40-61-39-38-60-37-36-59-35-34-58-33-32-57-31-30-56-29-28-55-27-26-54-25-24-53-23-22-49-47(51)44-19-17-18-20-45(44)48(49)52/h17-20H,2-16,21-43H2,1H3. The maximum atomic E-state index is 12.3. The second-order valence-electron chi connectivity index (χ2n) is 15.4. The third kappa shape index (κ3) is 32.7. The number of amides is 2. The summed E-state index contributed by atoms with van der Waals surface area (Å²) in [7, 11) is 0. The van der Waals surface area contributed by atoms with E-state index in [0.717, 1.165) is 12.8 Å². The van der Waals surface area contributed by atoms with Crippen molar-refractivity contribution in [3.8, 4) is 0 Å². The van der Waals surface area contributed by atoms with Gasteiger partial charge in [0, 0.05) is 6.42 Å². The van der Waals surface area contributed by atoms with Crippen LogP contribution >= 0.6 is 0 Å². The Morgan fingerprint density at radius 1 is 0.381 bits per heavy atom. The highest BCUT2D eigenvalue weighted by Crippen LogP contribution is 2.22. The normalized spacial score (nSPS) is 12.5. The molecule has 2 rings (SSSR count). The number of ether oxygens (including phenoxy) is 11. The van der Waals surface area contributed by atoms with Crippen molar-refractivity contribution in [3.05, 3.63) is 35.4 Å². The summed E-state index contributed by atoms with van der Waals surface area (Å²) in [5.74, 6) is -0.696. The molecule has 0 N–H and O–H groups in total. The molecule has 15 nitrogen and oxygen atoms in total. The maximum Gasteiger partial charge on any atom is 0.305 e. The first-order valence-corrected chi connectivity index (χ1v) is 24.0. The number of hydrogen-bond donors (Lipinski definition) is 0. The quantitative estimate of drug-likeness (QED) is 0.0366. The first-order chi connectivity index (χ1) is 31.1. The number of carbonyl (C=O) groups is 3. The highest BCUT2D eigenvalue weighted by Gasteiger charge is 2.34. The van der Waals surface area contributed by atoms with Crippen LogP contribution in [0.1, 0.15) is 130 Å². The Morgan fingerprint density at radius 3 is 0.968 bits per heavy atom. The average Bonchev–Trinajstić information content (AvgIpc) is 3.53. The van der Waals surface area contributed by atoms with Gasteiger partial charge in [-0.3, -0.25) is 19.3 Å². The Kier molecular flexibility index (Phi) is 38.9. The largest absolute Gasteiger partial charge is 0.463 e. The van der Waals surface area contributed by atoms with E-state index in [4.69, 9.17) is 52.1 Å². The van der Waals surface area contributed by atoms with Crippen molar-refractivity contribution in [2.24, 2.45) is 0 Å². The third-order valence-corrected chi connectivity index (χ3v) is 10.2. The lowest BCUT2D eigenvalue weighted by Gasteiger charge is -2.13. The Bertz CT molecular complexity index is 1190. The number of unbranched alkanes of at least 4 members (excludes halogenated alkanes) is 14. The Hall–Kier alpha value is -2.57. The van der Waals surface area contributed by atoms with Crippen molar-refractivity contribution in [1.29, 1.82) is 0 Å². The van der Waals surface area contributed by atoms with Crippen LogP contribution in [0.25, 0.3) is 0 Å². The van der Waals surface area contributed by atoms with Gasteiger partial charge in [-0.1, -0.05) is 109 Å². The second kappa shape index (κ2) is 43.3. The molecule has 1 aliphatic heterocycles. The fourth-order valence-corrected chi connectivity index (χ4v) is 6.61. The molecule has 364 valence electrons. The summed E-state index contributed by atoms with van der Waals surface area (Å²) in [5, 5.41) is 0. The summed E-state index contributed by atoms with van der Waals surface area (Å²) in [6, 6.07) is 6.82. The summed E-state index contributed by atoms with van der Waals surface area (Å²) >= 11 is 0. The van der Waals surface area contributed by atoms with E-state index in [0.29, 0.717) is 143 Å². The maximum absolute atomic E-state index is 12.3. The second-order valence-corrected chi connectivity index (χ2v) is 15.4. The van der Waals surface area contributed by atoms with Gasteiger partial charge in [-0.2, -0.15) is 0 Å². The zero-order valence-corrected chi connectivity index (χ0v) is 38.8. The number of nitrogens with zero attached hydrogens (tertiary/aromatic N) is 1. The van der Waals surface area contributed by atoms with Gasteiger partial charge < -0.3 is 52.1 Å². The van der Waals surface area contributed by atoms with E-state index in [2.05, 4.69) is 6.92 Å². The highest BCUT2D eigenvalue weighted by atomic mass is 16.6. The molecule has 0 saturated heterocycles. The molecule has 0 aromatic heterocycles. The Balaban J connectivity index is 1.15. The van der Waals surface area contributed by atoms with Gasteiger partial charge in [0.15, 0.2) is 0 Å². The van der Waals surface area contributed by atoms with Crippen LogP contribution in [-0.2, 0) is 56.9 Å². The molecule has 0 fully saturated rings.